The molecule has 39 heavy (non-hydrogen) atoms. The number of amides is 2. The number of carbonyl (C=O) groups is 2. The SMILES string of the molecule is CCOc1cc(OC2CNC(C(=O)NC3(C(=O)NS(=O)(=O)OC4(C)CC4)CC3CC)C2)c2cccc(Cl)c2n1. The predicted molar refractivity (Wildman–Crippen MR) is 144 cm³/mol. The average molecular weight is 581 g/mol. The van der Waals surface area contributed by atoms with Gasteiger partial charge in [-0.1, -0.05) is 31.0 Å². The van der Waals surface area contributed by atoms with Crippen LogP contribution in [0.3, 0.4) is 0 Å². The van der Waals surface area contributed by atoms with Crippen molar-refractivity contribution in [1.29, 1.82) is 0 Å². The van der Waals surface area contributed by atoms with Crippen molar-refractivity contribution in [2.75, 3.05) is 13.2 Å². The van der Waals surface area contributed by atoms with Gasteiger partial charge in [0, 0.05) is 24.4 Å². The van der Waals surface area contributed by atoms with Gasteiger partial charge in [0.2, 0.25) is 11.8 Å². The molecule has 11 nitrogen and oxygen atoms in total. The molecule has 3 fully saturated rings. The lowest BCUT2D eigenvalue weighted by Gasteiger charge is -2.22. The topological polar surface area (TPSA) is 145 Å². The van der Waals surface area contributed by atoms with Gasteiger partial charge >= 0.3 is 10.3 Å². The maximum atomic E-state index is 13.2. The van der Waals surface area contributed by atoms with E-state index in [0.717, 1.165) is 5.39 Å². The highest BCUT2D eigenvalue weighted by Crippen LogP contribution is 2.47. The molecule has 0 bridgehead atoms. The monoisotopic (exact) mass is 580 g/mol. The molecule has 1 aromatic heterocycles. The van der Waals surface area contributed by atoms with Crippen LogP contribution < -0.4 is 24.8 Å². The summed E-state index contributed by atoms with van der Waals surface area (Å²) in [5.41, 5.74) is -1.51. The number of carbonyl (C=O) groups excluding carboxylic acids is 2. The Kier molecular flexibility index (Phi) is 7.42. The summed E-state index contributed by atoms with van der Waals surface area (Å²) in [7, 11) is -4.29. The smallest absolute Gasteiger partial charge is 0.362 e. The van der Waals surface area contributed by atoms with E-state index >= 15 is 0 Å². The molecule has 1 aromatic carbocycles. The number of pyridine rings is 1. The third kappa shape index (κ3) is 5.93. The van der Waals surface area contributed by atoms with Crippen molar-refractivity contribution < 1.29 is 31.7 Å². The first kappa shape index (κ1) is 27.9. The molecular formula is C26H33ClN4O7S. The molecule has 3 aliphatic rings. The van der Waals surface area contributed by atoms with Crippen LogP contribution in [0.5, 0.6) is 11.6 Å². The van der Waals surface area contributed by atoms with E-state index in [1.807, 2.05) is 30.7 Å². The molecule has 4 atom stereocenters. The fourth-order valence-corrected chi connectivity index (χ4v) is 6.38. The molecular weight excluding hydrogens is 548 g/mol. The molecule has 2 amide bonds. The second kappa shape index (κ2) is 10.4. The molecule has 1 aliphatic heterocycles. The van der Waals surface area contributed by atoms with Gasteiger partial charge in [-0.2, -0.15) is 8.42 Å². The first-order valence-electron chi connectivity index (χ1n) is 13.2. The number of para-hydroxylation sites is 1. The number of benzene rings is 1. The van der Waals surface area contributed by atoms with Crippen LogP contribution in [-0.4, -0.2) is 61.7 Å². The Balaban J connectivity index is 1.25. The Bertz CT molecular complexity index is 1400. The van der Waals surface area contributed by atoms with E-state index < -0.39 is 39.3 Å². The number of nitrogens with zero attached hydrogens (tertiary/aromatic N) is 1. The van der Waals surface area contributed by atoms with Crippen molar-refractivity contribution >= 4 is 44.6 Å². The van der Waals surface area contributed by atoms with Crippen molar-refractivity contribution in [1.82, 2.24) is 20.3 Å². The summed E-state index contributed by atoms with van der Waals surface area (Å²) < 4.78 is 43.8. The zero-order valence-corrected chi connectivity index (χ0v) is 23.7. The number of halogens is 1. The van der Waals surface area contributed by atoms with E-state index in [4.69, 9.17) is 25.3 Å². The zero-order valence-electron chi connectivity index (χ0n) is 22.1. The second-order valence-electron chi connectivity index (χ2n) is 10.7. The molecule has 212 valence electrons. The van der Waals surface area contributed by atoms with E-state index in [-0.39, 0.29) is 12.0 Å². The molecule has 3 N–H and O–H groups in total. The fraction of sp³-hybridized carbons (Fsp3) is 0.577. The Morgan fingerprint density at radius 2 is 2.03 bits per heavy atom. The number of aromatic nitrogens is 1. The third-order valence-corrected chi connectivity index (χ3v) is 8.92. The minimum Gasteiger partial charge on any atom is -0.488 e. The van der Waals surface area contributed by atoms with E-state index in [0.29, 0.717) is 67.4 Å². The fourth-order valence-electron chi connectivity index (χ4n) is 5.02. The molecule has 2 heterocycles. The number of nitrogens with one attached hydrogen (secondary N) is 3. The quantitative estimate of drug-likeness (QED) is 0.365. The van der Waals surface area contributed by atoms with Crippen molar-refractivity contribution in [3.63, 3.8) is 0 Å². The molecule has 0 spiro atoms. The van der Waals surface area contributed by atoms with Crippen LogP contribution in [0.25, 0.3) is 10.9 Å². The second-order valence-corrected chi connectivity index (χ2v) is 12.3. The van der Waals surface area contributed by atoms with Gasteiger partial charge in [0.05, 0.1) is 28.8 Å². The Labute approximate surface area is 232 Å². The zero-order chi connectivity index (χ0) is 28.0. The maximum Gasteiger partial charge on any atom is 0.362 e. The van der Waals surface area contributed by atoms with Crippen molar-refractivity contribution in [2.45, 2.75) is 76.2 Å². The summed E-state index contributed by atoms with van der Waals surface area (Å²) in [4.78, 5) is 30.7. The molecule has 2 saturated carbocycles. The van der Waals surface area contributed by atoms with Crippen LogP contribution >= 0.6 is 11.6 Å². The van der Waals surface area contributed by atoms with Gasteiger partial charge in [0.25, 0.3) is 5.91 Å². The average Bonchev–Trinajstić information content (AvgIpc) is 3.72. The van der Waals surface area contributed by atoms with Gasteiger partial charge in [0.1, 0.15) is 17.4 Å². The summed E-state index contributed by atoms with van der Waals surface area (Å²) in [5.74, 6) is -0.419. The van der Waals surface area contributed by atoms with Gasteiger partial charge in [-0.15, -0.1) is 0 Å². The highest BCUT2D eigenvalue weighted by atomic mass is 35.5. The van der Waals surface area contributed by atoms with E-state index in [2.05, 4.69) is 15.6 Å². The molecule has 4 unspecified atom stereocenters. The first-order chi connectivity index (χ1) is 18.5. The number of ether oxygens (including phenoxy) is 2. The van der Waals surface area contributed by atoms with Crippen molar-refractivity contribution in [3.8, 4) is 11.6 Å². The van der Waals surface area contributed by atoms with E-state index in [1.165, 1.54) is 0 Å². The van der Waals surface area contributed by atoms with Gasteiger partial charge in [0.15, 0.2) is 0 Å². The minimum absolute atomic E-state index is 0.175. The summed E-state index contributed by atoms with van der Waals surface area (Å²) >= 11 is 6.36. The largest absolute Gasteiger partial charge is 0.488 e. The number of fused-ring (bicyclic) bond motifs is 1. The van der Waals surface area contributed by atoms with Gasteiger partial charge in [-0.05, 0) is 51.2 Å². The number of hydrogen-bond donors (Lipinski definition) is 3. The standard InChI is InChI=1S/C26H33ClN4O7S/c1-4-15-13-26(15,24(33)31-39(34,35)38-25(3)9-10-25)30-23(32)19-11-16(14-28-19)37-20-12-21(36-5-2)29-22-17(20)7-6-8-18(22)27/h6-8,12,15-16,19,28H,4-5,9-11,13-14H2,1-3H3,(H,30,32)(H,31,33). The van der Waals surface area contributed by atoms with Gasteiger partial charge < -0.3 is 20.1 Å². The van der Waals surface area contributed by atoms with Gasteiger partial charge in [-0.3, -0.25) is 9.59 Å². The van der Waals surface area contributed by atoms with Crippen molar-refractivity contribution in [2.24, 2.45) is 5.92 Å². The lowest BCUT2D eigenvalue weighted by Crippen LogP contribution is -2.55. The molecule has 5 rings (SSSR count). The van der Waals surface area contributed by atoms with Crippen LogP contribution in [-0.2, 0) is 24.1 Å². The first-order valence-corrected chi connectivity index (χ1v) is 15.0. The van der Waals surface area contributed by atoms with Crippen molar-refractivity contribution in [3.05, 3.63) is 29.3 Å². The van der Waals surface area contributed by atoms with Crippen LogP contribution in [0.2, 0.25) is 5.02 Å². The van der Waals surface area contributed by atoms with Crippen LogP contribution in [0.4, 0.5) is 0 Å². The number of hydrogen-bond acceptors (Lipinski definition) is 9. The number of rotatable bonds is 11. The van der Waals surface area contributed by atoms with E-state index in [9.17, 15) is 18.0 Å². The van der Waals surface area contributed by atoms with Crippen LogP contribution in [0.15, 0.2) is 24.3 Å². The normalized spacial score (nSPS) is 27.1. The summed E-state index contributed by atoms with van der Waals surface area (Å²) in [6, 6.07) is 6.48. The molecule has 2 aromatic rings. The van der Waals surface area contributed by atoms with Crippen LogP contribution in [0.1, 0.15) is 52.9 Å². The molecule has 0 radical (unpaired) electrons. The summed E-state index contributed by atoms with van der Waals surface area (Å²) in [6.07, 6.45) is 2.16. The van der Waals surface area contributed by atoms with E-state index in [1.54, 1.807) is 19.1 Å². The highest BCUT2D eigenvalue weighted by Gasteiger charge is 2.61. The lowest BCUT2D eigenvalue weighted by atomic mass is 10.1. The lowest BCUT2D eigenvalue weighted by molar-refractivity contribution is -0.130. The highest BCUT2D eigenvalue weighted by molar-refractivity contribution is 7.85. The molecule has 1 saturated heterocycles. The summed E-state index contributed by atoms with van der Waals surface area (Å²) in [6.45, 7) is 6.24. The van der Waals surface area contributed by atoms with Crippen LogP contribution in [0, 0.1) is 5.92 Å². The maximum absolute atomic E-state index is 13.2. The Morgan fingerprint density at radius 1 is 1.26 bits per heavy atom. The Hall–Kier alpha value is -2.67. The van der Waals surface area contributed by atoms with Gasteiger partial charge in [-0.25, -0.2) is 13.9 Å². The minimum atomic E-state index is -4.29. The Morgan fingerprint density at radius 3 is 2.69 bits per heavy atom. The predicted octanol–water partition coefficient (Wildman–Crippen LogP) is 2.61. The molecule has 2 aliphatic carbocycles. The molecule has 13 heteroatoms. The summed E-state index contributed by atoms with van der Waals surface area (Å²) in [5, 5.41) is 7.17. The third-order valence-electron chi connectivity index (χ3n) is 7.55.